The lowest BCUT2D eigenvalue weighted by Gasteiger charge is -2.18. The highest BCUT2D eigenvalue weighted by Gasteiger charge is 2.20. The summed E-state index contributed by atoms with van der Waals surface area (Å²) in [6.07, 6.45) is 0. The Morgan fingerprint density at radius 1 is 1.21 bits per heavy atom. The van der Waals surface area contributed by atoms with Crippen LogP contribution in [-0.2, 0) is 4.79 Å². The monoisotopic (exact) mass is 318 g/mol. The van der Waals surface area contributed by atoms with Gasteiger partial charge in [0, 0.05) is 10.2 Å². The fraction of sp³-hybridized carbons (Fsp3) is 0.133. The number of carbonyl (C=O) groups excluding carboxylic acids is 1. The molecule has 0 aliphatic carbocycles. The minimum Gasteiger partial charge on any atom is -0.370 e. The van der Waals surface area contributed by atoms with Gasteiger partial charge in [0.1, 0.15) is 6.04 Å². The molecular weight excluding hydrogens is 304 g/mol. The number of benzene rings is 2. The van der Waals surface area contributed by atoms with Crippen LogP contribution in [0.15, 0.2) is 53.0 Å². The van der Waals surface area contributed by atoms with Crippen LogP contribution in [0.4, 0.5) is 5.69 Å². The van der Waals surface area contributed by atoms with E-state index in [2.05, 4.69) is 21.2 Å². The number of rotatable bonds is 4. The van der Waals surface area contributed by atoms with E-state index in [1.165, 1.54) is 0 Å². The predicted octanol–water partition coefficient (Wildman–Crippen LogP) is 3.40. The van der Waals surface area contributed by atoms with Crippen molar-refractivity contribution in [2.75, 3.05) is 5.32 Å². The zero-order chi connectivity index (χ0) is 13.8. The minimum absolute atomic E-state index is 0.409. The van der Waals surface area contributed by atoms with E-state index in [9.17, 15) is 4.79 Å². The van der Waals surface area contributed by atoms with E-state index in [0.29, 0.717) is 0 Å². The molecule has 0 fully saturated rings. The quantitative estimate of drug-likeness (QED) is 0.907. The molecule has 1 unspecified atom stereocenters. The topological polar surface area (TPSA) is 55.1 Å². The first-order valence-electron chi connectivity index (χ1n) is 5.95. The van der Waals surface area contributed by atoms with E-state index in [1.54, 1.807) is 0 Å². The van der Waals surface area contributed by atoms with Crippen molar-refractivity contribution in [2.45, 2.75) is 13.0 Å². The fourth-order valence-electron chi connectivity index (χ4n) is 1.87. The van der Waals surface area contributed by atoms with Crippen molar-refractivity contribution in [3.8, 4) is 0 Å². The van der Waals surface area contributed by atoms with Crippen molar-refractivity contribution in [1.82, 2.24) is 0 Å². The Balaban J connectivity index is 2.33. The average Bonchev–Trinajstić information content (AvgIpc) is 2.38. The molecule has 0 aromatic heterocycles. The summed E-state index contributed by atoms with van der Waals surface area (Å²) in [6, 6.07) is 14.8. The van der Waals surface area contributed by atoms with Gasteiger partial charge in [0.2, 0.25) is 5.91 Å². The number of hydrogen-bond acceptors (Lipinski definition) is 2. The smallest absolute Gasteiger partial charge is 0.244 e. The average molecular weight is 319 g/mol. The van der Waals surface area contributed by atoms with Crippen molar-refractivity contribution in [1.29, 1.82) is 0 Å². The van der Waals surface area contributed by atoms with Crippen molar-refractivity contribution < 1.29 is 4.79 Å². The second-order valence-corrected chi connectivity index (χ2v) is 5.23. The van der Waals surface area contributed by atoms with Crippen molar-refractivity contribution in [2.24, 2.45) is 5.73 Å². The fourth-order valence-corrected chi connectivity index (χ4v) is 2.59. The van der Waals surface area contributed by atoms with Crippen LogP contribution < -0.4 is 11.1 Å². The normalized spacial score (nSPS) is 11.9. The summed E-state index contributed by atoms with van der Waals surface area (Å²) in [5, 5.41) is 3.15. The zero-order valence-corrected chi connectivity index (χ0v) is 12.1. The molecule has 0 spiro atoms. The molecular formula is C15H15BrN2O. The maximum atomic E-state index is 11.7. The number of carbonyl (C=O) groups is 1. The first-order valence-corrected chi connectivity index (χ1v) is 6.74. The van der Waals surface area contributed by atoms with Crippen LogP contribution in [0.2, 0.25) is 0 Å². The van der Waals surface area contributed by atoms with Gasteiger partial charge in [-0.2, -0.15) is 0 Å². The highest BCUT2D eigenvalue weighted by Crippen LogP contribution is 2.27. The number of nitrogens with two attached hydrogens (primary N) is 1. The molecule has 0 bridgehead atoms. The molecule has 3 N–H and O–H groups in total. The maximum Gasteiger partial charge on any atom is 0.244 e. The van der Waals surface area contributed by atoms with Crippen LogP contribution in [0.1, 0.15) is 17.2 Å². The van der Waals surface area contributed by atoms with Gasteiger partial charge in [-0.05, 0) is 36.2 Å². The molecule has 19 heavy (non-hydrogen) atoms. The predicted molar refractivity (Wildman–Crippen MR) is 80.9 cm³/mol. The molecule has 0 aliphatic rings. The van der Waals surface area contributed by atoms with E-state index < -0.39 is 11.9 Å². The highest BCUT2D eigenvalue weighted by atomic mass is 79.9. The number of para-hydroxylation sites is 1. The van der Waals surface area contributed by atoms with Gasteiger partial charge in [0.05, 0.1) is 0 Å². The van der Waals surface area contributed by atoms with Gasteiger partial charge in [0.15, 0.2) is 0 Å². The lowest BCUT2D eigenvalue weighted by Crippen LogP contribution is -2.28. The molecule has 2 aromatic carbocycles. The molecule has 0 aliphatic heterocycles. The van der Waals surface area contributed by atoms with Gasteiger partial charge in [-0.25, -0.2) is 0 Å². The van der Waals surface area contributed by atoms with Crippen molar-refractivity contribution >= 4 is 27.5 Å². The molecule has 1 atom stereocenters. The zero-order valence-electron chi connectivity index (χ0n) is 10.6. The molecule has 1 amide bonds. The van der Waals surface area contributed by atoms with E-state index >= 15 is 0 Å². The van der Waals surface area contributed by atoms with Crippen LogP contribution >= 0.6 is 15.9 Å². The summed E-state index contributed by atoms with van der Waals surface area (Å²) in [5.74, 6) is -0.409. The Bertz CT molecular complexity index is 584. The molecule has 2 aromatic rings. The molecule has 4 heteroatoms. The number of halogens is 1. The number of primary amides is 1. The van der Waals surface area contributed by atoms with Crippen LogP contribution in [-0.4, -0.2) is 5.91 Å². The Morgan fingerprint density at radius 3 is 2.47 bits per heavy atom. The van der Waals surface area contributed by atoms with Gasteiger partial charge >= 0.3 is 0 Å². The number of aryl methyl sites for hydroxylation is 1. The number of nitrogens with one attached hydrogen (secondary N) is 1. The molecule has 2 rings (SSSR count). The summed E-state index contributed by atoms with van der Waals surface area (Å²) in [6.45, 7) is 2.00. The molecule has 0 saturated carbocycles. The van der Waals surface area contributed by atoms with Crippen LogP contribution in [0, 0.1) is 6.92 Å². The summed E-state index contributed by atoms with van der Waals surface area (Å²) in [4.78, 5) is 11.7. The Hall–Kier alpha value is -1.81. The summed E-state index contributed by atoms with van der Waals surface area (Å²) in [5.41, 5.74) is 8.32. The van der Waals surface area contributed by atoms with Crippen LogP contribution in [0.5, 0.6) is 0 Å². The van der Waals surface area contributed by atoms with Gasteiger partial charge < -0.3 is 11.1 Å². The second kappa shape index (κ2) is 5.89. The minimum atomic E-state index is -0.558. The van der Waals surface area contributed by atoms with Crippen molar-refractivity contribution in [3.05, 3.63) is 64.1 Å². The Morgan fingerprint density at radius 2 is 1.89 bits per heavy atom. The van der Waals surface area contributed by atoms with Gasteiger partial charge in [0.25, 0.3) is 0 Å². The van der Waals surface area contributed by atoms with E-state index in [-0.39, 0.29) is 0 Å². The van der Waals surface area contributed by atoms with Gasteiger partial charge in [-0.3, -0.25) is 4.79 Å². The van der Waals surface area contributed by atoms with Crippen molar-refractivity contribution in [3.63, 3.8) is 0 Å². The molecule has 0 heterocycles. The van der Waals surface area contributed by atoms with Crippen LogP contribution in [0.3, 0.4) is 0 Å². The molecule has 98 valence electrons. The highest BCUT2D eigenvalue weighted by molar-refractivity contribution is 9.10. The van der Waals surface area contributed by atoms with E-state index in [4.69, 9.17) is 5.73 Å². The first-order chi connectivity index (χ1) is 9.08. The third-order valence-electron chi connectivity index (χ3n) is 2.84. The number of amides is 1. The van der Waals surface area contributed by atoms with Crippen LogP contribution in [0.25, 0.3) is 0 Å². The maximum absolute atomic E-state index is 11.7. The lowest BCUT2D eigenvalue weighted by molar-refractivity contribution is -0.118. The second-order valence-electron chi connectivity index (χ2n) is 4.37. The summed E-state index contributed by atoms with van der Waals surface area (Å²) < 4.78 is 0.875. The lowest BCUT2D eigenvalue weighted by atomic mass is 10.0. The Kier molecular flexibility index (Phi) is 4.22. The standard InChI is InChI=1S/C15H15BrN2O/c1-10-7-8-12(13(16)9-10)14(15(17)19)18-11-5-3-2-4-6-11/h2-9,14,18H,1H3,(H2,17,19). The third-order valence-corrected chi connectivity index (χ3v) is 3.52. The molecule has 3 nitrogen and oxygen atoms in total. The SMILES string of the molecule is Cc1ccc(C(Nc2ccccc2)C(N)=O)c(Br)c1. The molecule has 0 saturated heterocycles. The van der Waals surface area contributed by atoms with E-state index in [0.717, 1.165) is 21.3 Å². The van der Waals surface area contributed by atoms with Gasteiger partial charge in [-0.15, -0.1) is 0 Å². The number of anilines is 1. The summed E-state index contributed by atoms with van der Waals surface area (Å²) in [7, 11) is 0. The van der Waals surface area contributed by atoms with E-state index in [1.807, 2.05) is 55.5 Å². The third kappa shape index (κ3) is 3.35. The Labute approximate surface area is 121 Å². The van der Waals surface area contributed by atoms with Gasteiger partial charge in [-0.1, -0.05) is 46.3 Å². The summed E-state index contributed by atoms with van der Waals surface area (Å²) >= 11 is 3.48. The number of hydrogen-bond donors (Lipinski definition) is 2. The largest absolute Gasteiger partial charge is 0.370 e. The first kappa shape index (κ1) is 13.6. The molecule has 0 radical (unpaired) electrons.